The third-order valence-electron chi connectivity index (χ3n) is 5.01. The highest BCUT2D eigenvalue weighted by atomic mass is 35.5. The predicted octanol–water partition coefficient (Wildman–Crippen LogP) is 3.62. The number of carbonyl (C=O) groups is 1. The average molecular weight is 353 g/mol. The number of halogens is 1. The summed E-state index contributed by atoms with van der Waals surface area (Å²) in [5, 5.41) is 0.413. The molecule has 3 aliphatic rings. The van der Waals surface area contributed by atoms with Gasteiger partial charge >= 0.3 is 0 Å². The van der Waals surface area contributed by atoms with Crippen LogP contribution in [0.2, 0.25) is 5.02 Å². The van der Waals surface area contributed by atoms with Crippen molar-refractivity contribution in [3.8, 4) is 11.5 Å². The third-order valence-corrected chi connectivity index (χ3v) is 5.31. The number of Topliss-reactive ketones (excluding diaryl/α,β-unsaturated/α-hetero) is 1. The Morgan fingerprint density at radius 3 is 2.79 bits per heavy atom. The minimum Gasteiger partial charge on any atom is -0.488 e. The molecule has 0 spiro atoms. The van der Waals surface area contributed by atoms with Gasteiger partial charge in [-0.25, -0.2) is 0 Å². The lowest BCUT2D eigenvalue weighted by atomic mass is 9.78. The number of fused-ring (bicyclic) bond motifs is 1. The molecule has 2 unspecified atom stereocenters. The molecule has 0 bridgehead atoms. The maximum atomic E-state index is 12.5. The molecule has 1 aromatic rings. The fourth-order valence-corrected chi connectivity index (χ4v) is 3.57. The second-order valence-corrected chi connectivity index (χ2v) is 7.48. The van der Waals surface area contributed by atoms with E-state index < -0.39 is 0 Å². The van der Waals surface area contributed by atoms with Gasteiger partial charge in [0.25, 0.3) is 0 Å². The van der Waals surface area contributed by atoms with Crippen LogP contribution in [0.3, 0.4) is 0 Å². The highest BCUT2D eigenvalue weighted by Gasteiger charge is 2.46. The van der Waals surface area contributed by atoms with Gasteiger partial charge in [0.2, 0.25) is 0 Å². The Labute approximate surface area is 146 Å². The second kappa shape index (κ2) is 6.21. The fraction of sp³-hybridized carbons (Fsp3) is 0.611. The van der Waals surface area contributed by atoms with Crippen LogP contribution in [0, 0.1) is 5.41 Å². The Kier molecular flexibility index (Phi) is 4.19. The van der Waals surface area contributed by atoms with Crippen molar-refractivity contribution in [2.75, 3.05) is 19.8 Å². The van der Waals surface area contributed by atoms with Crippen LogP contribution in [-0.4, -0.2) is 38.0 Å². The maximum absolute atomic E-state index is 12.5. The van der Waals surface area contributed by atoms with E-state index in [4.69, 9.17) is 30.5 Å². The van der Waals surface area contributed by atoms with E-state index in [1.807, 2.05) is 0 Å². The molecule has 130 valence electrons. The Bertz CT molecular complexity index is 649. The van der Waals surface area contributed by atoms with Gasteiger partial charge in [-0.1, -0.05) is 18.5 Å². The van der Waals surface area contributed by atoms with Gasteiger partial charge in [0.05, 0.1) is 35.8 Å². The molecule has 2 atom stereocenters. The van der Waals surface area contributed by atoms with Gasteiger partial charge in [-0.05, 0) is 18.9 Å². The summed E-state index contributed by atoms with van der Waals surface area (Å²) >= 11 is 6.30. The molecule has 2 saturated heterocycles. The van der Waals surface area contributed by atoms with Crippen LogP contribution in [0.1, 0.15) is 43.0 Å². The van der Waals surface area contributed by atoms with Gasteiger partial charge in [0.1, 0.15) is 17.6 Å². The average Bonchev–Trinajstić information content (AvgIpc) is 2.55. The Balaban J connectivity index is 1.58. The third kappa shape index (κ3) is 2.89. The van der Waals surface area contributed by atoms with Crippen molar-refractivity contribution in [2.24, 2.45) is 5.41 Å². The molecule has 0 aliphatic carbocycles. The van der Waals surface area contributed by atoms with Crippen LogP contribution in [0.25, 0.3) is 0 Å². The summed E-state index contributed by atoms with van der Waals surface area (Å²) in [7, 11) is 0. The summed E-state index contributed by atoms with van der Waals surface area (Å²) in [5.74, 6) is 1.10. The molecule has 5 nitrogen and oxygen atoms in total. The Morgan fingerprint density at radius 2 is 2.12 bits per heavy atom. The molecular weight excluding hydrogens is 332 g/mol. The minimum absolute atomic E-state index is 0.0525. The quantitative estimate of drug-likeness (QED) is 0.831. The molecule has 1 aromatic carbocycles. The van der Waals surface area contributed by atoms with Gasteiger partial charge in [-0.2, -0.15) is 0 Å². The topological polar surface area (TPSA) is 54.0 Å². The number of ether oxygens (including phenoxy) is 4. The van der Waals surface area contributed by atoms with Crippen LogP contribution in [0.5, 0.6) is 11.5 Å². The van der Waals surface area contributed by atoms with Crippen molar-refractivity contribution in [3.05, 3.63) is 22.7 Å². The van der Waals surface area contributed by atoms with Crippen LogP contribution in [-0.2, 0) is 9.47 Å². The normalized spacial score (nSPS) is 28.5. The van der Waals surface area contributed by atoms with E-state index in [-0.39, 0.29) is 23.6 Å². The molecule has 0 N–H and O–H groups in total. The molecule has 0 aromatic heterocycles. The first-order chi connectivity index (χ1) is 11.5. The van der Waals surface area contributed by atoms with E-state index in [1.165, 1.54) is 0 Å². The molecule has 3 aliphatic heterocycles. The van der Waals surface area contributed by atoms with E-state index in [1.54, 1.807) is 12.1 Å². The second-order valence-electron chi connectivity index (χ2n) is 7.07. The Morgan fingerprint density at radius 1 is 1.29 bits per heavy atom. The summed E-state index contributed by atoms with van der Waals surface area (Å²) in [4.78, 5) is 12.5. The van der Waals surface area contributed by atoms with E-state index in [9.17, 15) is 4.79 Å². The largest absolute Gasteiger partial charge is 0.488 e. The van der Waals surface area contributed by atoms with E-state index in [2.05, 4.69) is 6.92 Å². The zero-order valence-corrected chi connectivity index (χ0v) is 14.4. The SMILES string of the molecule is CC1(C2CC(=O)c3cc(Cl)c(OC4CCCCO4)cc3O2)COC1. The molecule has 0 saturated carbocycles. The van der Waals surface area contributed by atoms with Crippen molar-refractivity contribution in [2.45, 2.75) is 45.0 Å². The molecule has 4 rings (SSSR count). The molecule has 2 fully saturated rings. The molecule has 3 heterocycles. The van der Waals surface area contributed by atoms with E-state index in [0.717, 1.165) is 19.3 Å². The summed E-state index contributed by atoms with van der Waals surface area (Å²) < 4.78 is 22.9. The van der Waals surface area contributed by atoms with Crippen molar-refractivity contribution in [1.29, 1.82) is 0 Å². The van der Waals surface area contributed by atoms with Crippen LogP contribution < -0.4 is 9.47 Å². The van der Waals surface area contributed by atoms with Gasteiger partial charge < -0.3 is 18.9 Å². The first-order valence-corrected chi connectivity index (χ1v) is 8.82. The molecule has 0 radical (unpaired) electrons. The van der Waals surface area contributed by atoms with Gasteiger partial charge in [-0.15, -0.1) is 0 Å². The number of hydrogen-bond acceptors (Lipinski definition) is 5. The van der Waals surface area contributed by atoms with Crippen molar-refractivity contribution in [1.82, 2.24) is 0 Å². The van der Waals surface area contributed by atoms with Crippen LogP contribution in [0.4, 0.5) is 0 Å². The number of carbonyl (C=O) groups excluding carboxylic acids is 1. The monoisotopic (exact) mass is 352 g/mol. The first kappa shape index (κ1) is 16.2. The van der Waals surface area contributed by atoms with Gasteiger partial charge in [0, 0.05) is 18.9 Å². The predicted molar refractivity (Wildman–Crippen MR) is 88.0 cm³/mol. The lowest BCUT2D eigenvalue weighted by Gasteiger charge is -2.45. The van der Waals surface area contributed by atoms with Gasteiger partial charge in [-0.3, -0.25) is 4.79 Å². The molecular formula is C18H21ClO5. The smallest absolute Gasteiger partial charge is 0.199 e. The fourth-order valence-electron chi connectivity index (χ4n) is 3.36. The number of benzene rings is 1. The summed E-state index contributed by atoms with van der Waals surface area (Å²) in [5.41, 5.74) is 0.414. The zero-order valence-electron chi connectivity index (χ0n) is 13.7. The van der Waals surface area contributed by atoms with E-state index >= 15 is 0 Å². The summed E-state index contributed by atoms with van der Waals surface area (Å²) in [6.45, 7) is 4.02. The van der Waals surface area contributed by atoms with Crippen LogP contribution in [0.15, 0.2) is 12.1 Å². The summed E-state index contributed by atoms with van der Waals surface area (Å²) in [6, 6.07) is 3.37. The molecule has 24 heavy (non-hydrogen) atoms. The lowest BCUT2D eigenvalue weighted by Crippen LogP contribution is -2.53. The highest BCUT2D eigenvalue weighted by molar-refractivity contribution is 6.32. The van der Waals surface area contributed by atoms with Gasteiger partial charge in [0.15, 0.2) is 12.1 Å². The zero-order chi connectivity index (χ0) is 16.7. The number of rotatable bonds is 3. The van der Waals surface area contributed by atoms with Crippen molar-refractivity contribution < 1.29 is 23.7 Å². The Hall–Kier alpha value is -1.30. The first-order valence-electron chi connectivity index (χ1n) is 8.45. The highest BCUT2D eigenvalue weighted by Crippen LogP contribution is 2.43. The van der Waals surface area contributed by atoms with Crippen LogP contribution >= 0.6 is 11.6 Å². The number of hydrogen-bond donors (Lipinski definition) is 0. The van der Waals surface area contributed by atoms with E-state index in [0.29, 0.717) is 48.3 Å². The standard InChI is InChI=1S/C18H21ClO5/c1-18(9-21-10-18)16-7-13(20)11-6-12(19)15(8-14(11)23-16)24-17-4-2-3-5-22-17/h6,8,16-17H,2-5,7,9-10H2,1H3. The maximum Gasteiger partial charge on any atom is 0.199 e. The lowest BCUT2D eigenvalue weighted by molar-refractivity contribution is -0.153. The molecule has 0 amide bonds. The molecule has 6 heteroatoms. The summed E-state index contributed by atoms with van der Waals surface area (Å²) in [6.07, 6.45) is 2.86. The minimum atomic E-state index is -0.290. The van der Waals surface area contributed by atoms with Crippen molar-refractivity contribution in [3.63, 3.8) is 0 Å². The van der Waals surface area contributed by atoms with Crippen molar-refractivity contribution >= 4 is 17.4 Å². The number of ketones is 1.